The summed E-state index contributed by atoms with van der Waals surface area (Å²) >= 11 is 4.62. The smallest absolute Gasteiger partial charge is 0.366 e. The lowest BCUT2D eigenvalue weighted by molar-refractivity contribution is -0.245. The molecule has 0 bridgehead atoms. The first-order chi connectivity index (χ1) is 8.92. The predicted octanol–water partition coefficient (Wildman–Crippen LogP) is 2.60. The fraction of sp³-hybridized carbons (Fsp3) is 0.700. The van der Waals surface area contributed by atoms with E-state index in [0.717, 1.165) is 0 Å². The summed E-state index contributed by atoms with van der Waals surface area (Å²) in [7, 11) is 0. The van der Waals surface area contributed by atoms with Crippen molar-refractivity contribution in [1.29, 1.82) is 0 Å². The average Bonchev–Trinajstić information content (AvgIpc) is 2.93. The van der Waals surface area contributed by atoms with Gasteiger partial charge in [0.2, 0.25) is 0 Å². The van der Waals surface area contributed by atoms with Gasteiger partial charge in [0.25, 0.3) is 0 Å². The minimum atomic E-state index is -4.34. The van der Waals surface area contributed by atoms with Gasteiger partial charge in [-0.1, -0.05) is 0 Å². The number of halogens is 4. The molecule has 2 fully saturated rings. The first-order valence-corrected chi connectivity index (χ1v) is 7.28. The molecule has 3 unspecified atom stereocenters. The van der Waals surface area contributed by atoms with E-state index in [1.54, 1.807) is 5.38 Å². The summed E-state index contributed by atoms with van der Waals surface area (Å²) in [6.45, 7) is 0.134. The van der Waals surface area contributed by atoms with Crippen molar-refractivity contribution >= 4 is 27.3 Å². The monoisotopic (exact) mass is 358 g/mol. The lowest BCUT2D eigenvalue weighted by atomic mass is 9.81. The van der Waals surface area contributed by atoms with Crippen LogP contribution in [0.15, 0.2) is 9.98 Å². The van der Waals surface area contributed by atoms with Crippen molar-refractivity contribution in [3.8, 4) is 0 Å². The Balaban J connectivity index is 1.87. The highest BCUT2D eigenvalue weighted by molar-refractivity contribution is 9.10. The molecule has 0 aliphatic carbocycles. The maximum atomic E-state index is 12.7. The SMILES string of the molecule is FC(F)(F)C1CC2CONC2(c2nc(Br)cs2)CO1. The van der Waals surface area contributed by atoms with E-state index in [1.807, 2.05) is 0 Å². The van der Waals surface area contributed by atoms with Crippen LogP contribution in [0.4, 0.5) is 13.2 Å². The highest BCUT2D eigenvalue weighted by Gasteiger charge is 2.56. The Morgan fingerprint density at radius 2 is 2.32 bits per heavy atom. The van der Waals surface area contributed by atoms with Gasteiger partial charge in [-0.2, -0.15) is 18.7 Å². The number of hydroxylamine groups is 1. The van der Waals surface area contributed by atoms with Crippen LogP contribution in [0.25, 0.3) is 0 Å². The third-order valence-corrected chi connectivity index (χ3v) is 5.20. The van der Waals surface area contributed by atoms with Crippen LogP contribution < -0.4 is 5.48 Å². The molecule has 1 aromatic rings. The van der Waals surface area contributed by atoms with Gasteiger partial charge in [0.15, 0.2) is 6.10 Å². The van der Waals surface area contributed by atoms with Crippen LogP contribution in [0.3, 0.4) is 0 Å². The molecule has 0 saturated carbocycles. The molecule has 3 rings (SSSR count). The summed E-state index contributed by atoms with van der Waals surface area (Å²) in [6.07, 6.45) is -6.18. The molecule has 9 heteroatoms. The van der Waals surface area contributed by atoms with Crippen molar-refractivity contribution in [3.63, 3.8) is 0 Å². The van der Waals surface area contributed by atoms with Gasteiger partial charge in [0.1, 0.15) is 15.1 Å². The topological polar surface area (TPSA) is 43.4 Å². The van der Waals surface area contributed by atoms with E-state index in [-0.39, 0.29) is 25.6 Å². The molecule has 19 heavy (non-hydrogen) atoms. The molecule has 0 spiro atoms. The predicted molar refractivity (Wildman–Crippen MR) is 64.5 cm³/mol. The molecule has 0 aromatic carbocycles. The zero-order valence-electron chi connectivity index (χ0n) is 9.54. The number of alkyl halides is 3. The molecule has 1 aromatic heterocycles. The maximum absolute atomic E-state index is 12.7. The van der Waals surface area contributed by atoms with Gasteiger partial charge < -0.3 is 9.57 Å². The maximum Gasteiger partial charge on any atom is 0.414 e. The Morgan fingerprint density at radius 1 is 1.53 bits per heavy atom. The number of nitrogens with zero attached hydrogens (tertiary/aromatic N) is 1. The first kappa shape index (κ1) is 13.7. The Labute approximate surface area is 119 Å². The average molecular weight is 359 g/mol. The van der Waals surface area contributed by atoms with Gasteiger partial charge in [-0.25, -0.2) is 4.98 Å². The van der Waals surface area contributed by atoms with Crippen LogP contribution in [-0.2, 0) is 15.1 Å². The van der Waals surface area contributed by atoms with E-state index in [0.29, 0.717) is 9.61 Å². The van der Waals surface area contributed by atoms with E-state index in [2.05, 4.69) is 26.4 Å². The molecule has 0 radical (unpaired) electrons. The molecule has 106 valence electrons. The van der Waals surface area contributed by atoms with E-state index in [9.17, 15) is 13.2 Å². The quantitative estimate of drug-likeness (QED) is 0.837. The van der Waals surface area contributed by atoms with Crippen LogP contribution in [0.1, 0.15) is 11.4 Å². The number of hydrogen-bond acceptors (Lipinski definition) is 5. The van der Waals surface area contributed by atoms with E-state index in [4.69, 9.17) is 9.57 Å². The van der Waals surface area contributed by atoms with E-state index < -0.39 is 17.8 Å². The number of nitrogens with one attached hydrogen (secondary N) is 1. The standard InChI is InChI=1S/C10H10BrF3N2O2S/c11-7-3-19-8(15-7)9-4-17-6(10(12,13)14)1-5(9)2-18-16-9/h3,5-6,16H,1-2,4H2. The minimum absolute atomic E-state index is 0.0954. The van der Waals surface area contributed by atoms with Crippen LogP contribution in [-0.4, -0.2) is 30.5 Å². The number of hydrogen-bond donors (Lipinski definition) is 1. The van der Waals surface area contributed by atoms with E-state index in [1.165, 1.54) is 11.3 Å². The van der Waals surface area contributed by atoms with Crippen molar-refractivity contribution in [2.75, 3.05) is 13.2 Å². The molecule has 3 atom stereocenters. The summed E-state index contributed by atoms with van der Waals surface area (Å²) in [5, 5.41) is 2.47. The van der Waals surface area contributed by atoms with Gasteiger partial charge >= 0.3 is 6.18 Å². The Hall–Kier alpha value is -0.220. The fourth-order valence-electron chi connectivity index (χ4n) is 2.44. The normalized spacial score (nSPS) is 35.4. The van der Waals surface area contributed by atoms with Crippen LogP contribution in [0, 0.1) is 5.92 Å². The van der Waals surface area contributed by atoms with Crippen LogP contribution in [0.2, 0.25) is 0 Å². The van der Waals surface area contributed by atoms with Gasteiger partial charge in [0, 0.05) is 11.3 Å². The van der Waals surface area contributed by atoms with Gasteiger partial charge in [-0.3, -0.25) is 0 Å². The van der Waals surface area contributed by atoms with Gasteiger partial charge in [-0.05, 0) is 22.4 Å². The second kappa shape index (κ2) is 4.66. The molecule has 0 amide bonds. The lowest BCUT2D eigenvalue weighted by Gasteiger charge is -2.39. The summed E-state index contributed by atoms with van der Waals surface area (Å²) in [4.78, 5) is 9.46. The van der Waals surface area contributed by atoms with Crippen molar-refractivity contribution in [2.45, 2.75) is 24.2 Å². The molecule has 2 saturated heterocycles. The van der Waals surface area contributed by atoms with Crippen molar-refractivity contribution in [2.24, 2.45) is 5.92 Å². The number of rotatable bonds is 1. The van der Waals surface area contributed by atoms with Crippen molar-refractivity contribution in [1.82, 2.24) is 10.5 Å². The van der Waals surface area contributed by atoms with Crippen molar-refractivity contribution < 1.29 is 22.7 Å². The first-order valence-electron chi connectivity index (χ1n) is 5.60. The van der Waals surface area contributed by atoms with Crippen molar-refractivity contribution in [3.05, 3.63) is 15.0 Å². The Bertz CT molecular complexity index is 484. The highest BCUT2D eigenvalue weighted by atomic mass is 79.9. The minimum Gasteiger partial charge on any atom is -0.366 e. The zero-order chi connectivity index (χ0) is 13.7. The highest BCUT2D eigenvalue weighted by Crippen LogP contribution is 2.45. The number of ether oxygens (including phenoxy) is 1. The van der Waals surface area contributed by atoms with E-state index >= 15 is 0 Å². The summed E-state index contributed by atoms with van der Waals surface area (Å²) in [6, 6.07) is 0. The van der Waals surface area contributed by atoms with Gasteiger partial charge in [-0.15, -0.1) is 11.3 Å². The molecule has 3 heterocycles. The number of thiazole rings is 1. The second-order valence-corrected chi connectivity index (χ2v) is 6.30. The lowest BCUT2D eigenvalue weighted by Crippen LogP contribution is -2.54. The summed E-state index contributed by atoms with van der Waals surface area (Å²) in [5.74, 6) is -0.300. The molecule has 1 N–H and O–H groups in total. The third kappa shape index (κ3) is 2.31. The zero-order valence-corrected chi connectivity index (χ0v) is 11.9. The molecule has 2 aliphatic rings. The van der Waals surface area contributed by atoms with Crippen LogP contribution >= 0.6 is 27.3 Å². The second-order valence-electron chi connectivity index (χ2n) is 4.63. The number of aromatic nitrogens is 1. The summed E-state index contributed by atoms with van der Waals surface area (Å²) in [5.41, 5.74) is 2.04. The fourth-order valence-corrected chi connectivity index (χ4v) is 3.90. The Kier molecular flexibility index (Phi) is 3.37. The number of fused-ring (bicyclic) bond motifs is 1. The van der Waals surface area contributed by atoms with Crippen LogP contribution in [0.5, 0.6) is 0 Å². The Morgan fingerprint density at radius 3 is 2.95 bits per heavy atom. The molecular weight excluding hydrogens is 349 g/mol. The molecular formula is C10H10BrF3N2O2S. The van der Waals surface area contributed by atoms with Gasteiger partial charge in [0.05, 0.1) is 13.2 Å². The summed E-state index contributed by atoms with van der Waals surface area (Å²) < 4.78 is 43.8. The largest absolute Gasteiger partial charge is 0.414 e. The molecule has 4 nitrogen and oxygen atoms in total. The third-order valence-electron chi connectivity index (χ3n) is 3.47. The molecule has 2 aliphatic heterocycles.